The molecule has 112 valence electrons. The molecule has 3 aromatic rings. The van der Waals surface area contributed by atoms with Crippen molar-refractivity contribution in [3.05, 3.63) is 90.3 Å². The minimum atomic E-state index is -0.207. The fourth-order valence-corrected chi connectivity index (χ4v) is 4.57. The van der Waals surface area contributed by atoms with Gasteiger partial charge in [-0.3, -0.25) is 0 Å². The molecule has 0 radical (unpaired) electrons. The summed E-state index contributed by atoms with van der Waals surface area (Å²) in [5.74, 6) is -0.207. The van der Waals surface area contributed by atoms with Crippen LogP contribution in [0.15, 0.2) is 92.9 Å². The summed E-state index contributed by atoms with van der Waals surface area (Å²) in [6.45, 7) is 4.28. The van der Waals surface area contributed by atoms with Gasteiger partial charge in [0.1, 0.15) is 5.82 Å². The van der Waals surface area contributed by atoms with Crippen LogP contribution in [-0.4, -0.2) is 0 Å². The van der Waals surface area contributed by atoms with Gasteiger partial charge in [-0.05, 0) is 65.2 Å². The van der Waals surface area contributed by atoms with Gasteiger partial charge in [-0.25, -0.2) is 4.39 Å². The first-order valence-corrected chi connectivity index (χ1v) is 8.88. The van der Waals surface area contributed by atoms with Crippen LogP contribution in [0.25, 0.3) is 5.57 Å². The van der Waals surface area contributed by atoms with E-state index in [0.29, 0.717) is 0 Å². The molecule has 1 aliphatic heterocycles. The van der Waals surface area contributed by atoms with Crippen molar-refractivity contribution in [2.24, 2.45) is 0 Å². The average Bonchev–Trinajstić information content (AvgIpc) is 2.58. The zero-order valence-electron chi connectivity index (χ0n) is 12.3. The Kier molecular flexibility index (Phi) is 3.76. The second-order valence-electron chi connectivity index (χ2n) is 5.29. The van der Waals surface area contributed by atoms with Crippen LogP contribution in [-0.2, 0) is 0 Å². The van der Waals surface area contributed by atoms with E-state index in [2.05, 4.69) is 43.0 Å². The van der Waals surface area contributed by atoms with Crippen molar-refractivity contribution < 1.29 is 4.39 Å². The molecule has 0 aromatic heterocycles. The fraction of sp³-hybridized carbons (Fsp3) is 0. The Balaban J connectivity index is 1.68. The van der Waals surface area contributed by atoms with Crippen LogP contribution < -0.4 is 0 Å². The van der Waals surface area contributed by atoms with Crippen LogP contribution >= 0.6 is 23.5 Å². The van der Waals surface area contributed by atoms with Gasteiger partial charge in [-0.15, -0.1) is 0 Å². The molecule has 0 bridgehead atoms. The summed E-state index contributed by atoms with van der Waals surface area (Å²) in [6, 6.07) is 21.4. The lowest BCUT2D eigenvalue weighted by atomic mass is 9.99. The van der Waals surface area contributed by atoms with E-state index in [1.165, 1.54) is 33.1 Å². The highest BCUT2D eigenvalue weighted by atomic mass is 32.2. The Morgan fingerprint density at radius 2 is 1.48 bits per heavy atom. The maximum Gasteiger partial charge on any atom is 0.123 e. The van der Waals surface area contributed by atoms with E-state index >= 15 is 0 Å². The van der Waals surface area contributed by atoms with Crippen LogP contribution in [0.3, 0.4) is 0 Å². The predicted octanol–water partition coefficient (Wildman–Crippen LogP) is 6.50. The summed E-state index contributed by atoms with van der Waals surface area (Å²) in [6.07, 6.45) is 0. The topological polar surface area (TPSA) is 0 Å². The molecular weight excluding hydrogens is 323 g/mol. The Bertz CT molecular complexity index is 898. The Morgan fingerprint density at radius 3 is 2.30 bits per heavy atom. The third-order valence-electron chi connectivity index (χ3n) is 3.76. The minimum absolute atomic E-state index is 0.207. The smallest absolute Gasteiger partial charge is 0.123 e. The van der Waals surface area contributed by atoms with Gasteiger partial charge in [0.2, 0.25) is 0 Å². The molecule has 0 N–H and O–H groups in total. The van der Waals surface area contributed by atoms with Crippen molar-refractivity contribution in [2.75, 3.05) is 0 Å². The van der Waals surface area contributed by atoms with E-state index in [4.69, 9.17) is 0 Å². The van der Waals surface area contributed by atoms with Crippen LogP contribution in [0.5, 0.6) is 0 Å². The van der Waals surface area contributed by atoms with E-state index < -0.39 is 0 Å². The largest absolute Gasteiger partial charge is 0.207 e. The monoisotopic (exact) mass is 336 g/mol. The first-order chi connectivity index (χ1) is 11.2. The zero-order chi connectivity index (χ0) is 15.8. The molecule has 1 aliphatic rings. The lowest BCUT2D eigenvalue weighted by molar-refractivity contribution is 0.626. The highest BCUT2D eigenvalue weighted by molar-refractivity contribution is 8.00. The summed E-state index contributed by atoms with van der Waals surface area (Å²) in [7, 11) is 0. The van der Waals surface area contributed by atoms with Crippen LogP contribution in [0.4, 0.5) is 4.39 Å². The highest BCUT2D eigenvalue weighted by Gasteiger charge is 2.19. The lowest BCUT2D eigenvalue weighted by Crippen LogP contribution is -1.97. The van der Waals surface area contributed by atoms with Crippen molar-refractivity contribution in [2.45, 2.75) is 19.6 Å². The van der Waals surface area contributed by atoms with Crippen molar-refractivity contribution in [1.29, 1.82) is 0 Å². The third-order valence-corrected chi connectivity index (χ3v) is 5.91. The molecule has 1 heterocycles. The molecule has 0 spiro atoms. The molecule has 0 unspecified atom stereocenters. The third kappa shape index (κ3) is 2.82. The molecular formula is C20H13FS2. The van der Waals surface area contributed by atoms with Crippen molar-refractivity contribution in [3.8, 4) is 0 Å². The maximum absolute atomic E-state index is 13.0. The Labute approximate surface area is 143 Å². The predicted molar refractivity (Wildman–Crippen MR) is 95.7 cm³/mol. The van der Waals surface area contributed by atoms with Crippen LogP contribution in [0.1, 0.15) is 11.1 Å². The van der Waals surface area contributed by atoms with Gasteiger partial charge in [0, 0.05) is 19.6 Å². The molecule has 0 saturated carbocycles. The number of rotatable bonds is 2. The van der Waals surface area contributed by atoms with E-state index in [1.807, 2.05) is 6.07 Å². The summed E-state index contributed by atoms with van der Waals surface area (Å²) in [4.78, 5) is 4.65. The summed E-state index contributed by atoms with van der Waals surface area (Å²) >= 11 is 3.42. The first-order valence-electron chi connectivity index (χ1n) is 7.25. The fourth-order valence-electron chi connectivity index (χ4n) is 2.60. The molecule has 0 amide bonds. The van der Waals surface area contributed by atoms with Crippen LogP contribution in [0.2, 0.25) is 0 Å². The zero-order valence-corrected chi connectivity index (χ0v) is 13.9. The second kappa shape index (κ2) is 5.91. The number of hydrogen-bond donors (Lipinski definition) is 0. The van der Waals surface area contributed by atoms with E-state index in [-0.39, 0.29) is 5.82 Å². The van der Waals surface area contributed by atoms with Gasteiger partial charge in [-0.2, -0.15) is 0 Å². The first kappa shape index (κ1) is 14.6. The molecule has 3 aromatic carbocycles. The van der Waals surface area contributed by atoms with Crippen LogP contribution in [0, 0.1) is 5.82 Å². The van der Waals surface area contributed by atoms with Gasteiger partial charge in [0.15, 0.2) is 0 Å². The summed E-state index contributed by atoms with van der Waals surface area (Å²) in [5, 5.41) is 0. The highest BCUT2D eigenvalue weighted by Crippen LogP contribution is 2.46. The molecule has 3 heteroatoms. The van der Waals surface area contributed by atoms with Gasteiger partial charge < -0.3 is 0 Å². The quantitative estimate of drug-likeness (QED) is 0.409. The van der Waals surface area contributed by atoms with Crippen molar-refractivity contribution >= 4 is 29.1 Å². The van der Waals surface area contributed by atoms with E-state index in [0.717, 1.165) is 15.4 Å². The van der Waals surface area contributed by atoms with Gasteiger partial charge in [0.05, 0.1) is 0 Å². The lowest BCUT2D eigenvalue weighted by Gasteiger charge is -2.21. The Morgan fingerprint density at radius 1 is 0.783 bits per heavy atom. The van der Waals surface area contributed by atoms with E-state index in [9.17, 15) is 4.39 Å². The summed E-state index contributed by atoms with van der Waals surface area (Å²) < 4.78 is 13.0. The minimum Gasteiger partial charge on any atom is -0.207 e. The molecule has 0 atom stereocenters. The number of halogens is 1. The molecule has 0 saturated heterocycles. The molecule has 0 nitrogen and oxygen atoms in total. The van der Waals surface area contributed by atoms with Crippen molar-refractivity contribution in [1.82, 2.24) is 0 Å². The van der Waals surface area contributed by atoms with Crippen molar-refractivity contribution in [3.63, 3.8) is 0 Å². The standard InChI is InChI=1S/C20H13FS2/c1-13-17-4-2-3-5-19(17)23-20-11-10-16(12-18(13)20)22-15-8-6-14(21)7-9-15/h2-12H,1H2. The molecule has 0 aliphatic carbocycles. The number of fused-ring (bicyclic) bond motifs is 2. The SMILES string of the molecule is C=C1c2ccccc2Sc2ccc(Sc3ccc(F)cc3)cc21. The summed E-state index contributed by atoms with van der Waals surface area (Å²) in [5.41, 5.74) is 3.45. The number of hydrogen-bond acceptors (Lipinski definition) is 2. The van der Waals surface area contributed by atoms with Gasteiger partial charge >= 0.3 is 0 Å². The molecule has 4 rings (SSSR count). The maximum atomic E-state index is 13.0. The van der Waals surface area contributed by atoms with Gasteiger partial charge in [-0.1, -0.05) is 48.3 Å². The normalized spacial score (nSPS) is 12.7. The average molecular weight is 336 g/mol. The van der Waals surface area contributed by atoms with Gasteiger partial charge in [0.25, 0.3) is 0 Å². The molecule has 0 fully saturated rings. The molecule has 23 heavy (non-hydrogen) atoms. The Hall–Kier alpha value is -1.97. The number of benzene rings is 3. The second-order valence-corrected chi connectivity index (χ2v) is 7.52. The van der Waals surface area contributed by atoms with E-state index in [1.54, 1.807) is 35.7 Å².